The Bertz CT molecular complexity index is 521. The topological polar surface area (TPSA) is 50.5 Å². The minimum Gasteiger partial charge on any atom is -0.377 e. The molecule has 2 fully saturated rings. The van der Waals surface area contributed by atoms with Gasteiger partial charge in [0.2, 0.25) is 0 Å². The maximum Gasteiger partial charge on any atom is 0.105 e. The Morgan fingerprint density at radius 2 is 1.96 bits per heavy atom. The summed E-state index contributed by atoms with van der Waals surface area (Å²) in [5, 5.41) is 2.61. The predicted octanol–water partition coefficient (Wildman–Crippen LogP) is 3.38. The zero-order valence-corrected chi connectivity index (χ0v) is 14.0. The third-order valence-corrected chi connectivity index (χ3v) is 5.36. The van der Waals surface area contributed by atoms with E-state index in [1.165, 1.54) is 6.07 Å². The van der Waals surface area contributed by atoms with Crippen LogP contribution in [0.25, 0.3) is 0 Å². The van der Waals surface area contributed by atoms with Crippen molar-refractivity contribution < 1.29 is 13.7 Å². The van der Waals surface area contributed by atoms with Gasteiger partial charge in [-0.25, -0.2) is 0 Å². The van der Waals surface area contributed by atoms with Crippen molar-refractivity contribution in [3.8, 4) is 0 Å². The van der Waals surface area contributed by atoms with Crippen LogP contribution in [0.4, 0.5) is 14.6 Å². The third-order valence-electron chi connectivity index (χ3n) is 5.36. The van der Waals surface area contributed by atoms with Crippen LogP contribution in [0.3, 0.4) is 0 Å². The molecule has 2 unspecified atom stereocenters. The second-order valence-electron chi connectivity index (χ2n) is 7.00. The standard InChI is InChI=1S/C18H27F2N3O/c19-23(20)15-4-1-3-14(11-15)13-6-8-16(9-7-13)24-12-18-17(21)5-2-10-22-18/h1,3-4,11,13,16-18,22H,2,5-10,12,21H2. The summed E-state index contributed by atoms with van der Waals surface area (Å²) in [6, 6.07) is 7.12. The van der Waals surface area contributed by atoms with Crippen LogP contribution in [-0.4, -0.2) is 31.3 Å². The van der Waals surface area contributed by atoms with Crippen LogP contribution in [0, 0.1) is 0 Å². The molecule has 1 saturated carbocycles. The molecule has 3 rings (SSSR count). The molecule has 0 spiro atoms. The average molecular weight is 339 g/mol. The summed E-state index contributed by atoms with van der Waals surface area (Å²) in [4.78, 5) is 0. The highest BCUT2D eigenvalue weighted by Crippen LogP contribution is 2.35. The van der Waals surface area contributed by atoms with Crippen molar-refractivity contribution in [2.45, 2.75) is 62.6 Å². The highest BCUT2D eigenvalue weighted by molar-refractivity contribution is 5.45. The van der Waals surface area contributed by atoms with Crippen molar-refractivity contribution in [1.29, 1.82) is 0 Å². The molecular formula is C18H27F2N3O. The summed E-state index contributed by atoms with van der Waals surface area (Å²) in [6.07, 6.45) is 6.38. The molecule has 0 aromatic heterocycles. The second-order valence-corrected chi connectivity index (χ2v) is 7.00. The van der Waals surface area contributed by atoms with Crippen LogP contribution in [0.5, 0.6) is 0 Å². The van der Waals surface area contributed by atoms with E-state index in [9.17, 15) is 8.96 Å². The van der Waals surface area contributed by atoms with Crippen LogP contribution in [0.2, 0.25) is 0 Å². The van der Waals surface area contributed by atoms with Crippen molar-refractivity contribution in [2.75, 3.05) is 18.5 Å². The van der Waals surface area contributed by atoms with Gasteiger partial charge in [-0.2, -0.15) is 0 Å². The molecule has 134 valence electrons. The molecule has 6 heteroatoms. The Morgan fingerprint density at radius 1 is 1.17 bits per heavy atom. The summed E-state index contributed by atoms with van der Waals surface area (Å²) in [5.41, 5.74) is 7.09. The van der Waals surface area contributed by atoms with E-state index < -0.39 is 5.34 Å². The van der Waals surface area contributed by atoms with E-state index in [1.54, 1.807) is 12.1 Å². The fraction of sp³-hybridized carbons (Fsp3) is 0.667. The number of hydrogen-bond donors (Lipinski definition) is 2. The summed E-state index contributed by atoms with van der Waals surface area (Å²) in [6.45, 7) is 1.69. The van der Waals surface area contributed by atoms with Gasteiger partial charge in [0.15, 0.2) is 0 Å². The molecule has 1 aliphatic carbocycles. The number of benzene rings is 1. The van der Waals surface area contributed by atoms with Gasteiger partial charge in [0.25, 0.3) is 0 Å². The maximum atomic E-state index is 12.7. The Morgan fingerprint density at radius 3 is 2.67 bits per heavy atom. The minimum absolute atomic E-state index is 0.0387. The van der Waals surface area contributed by atoms with E-state index in [2.05, 4.69) is 5.32 Å². The van der Waals surface area contributed by atoms with Crippen LogP contribution in [0.1, 0.15) is 50.0 Å². The summed E-state index contributed by atoms with van der Waals surface area (Å²) >= 11 is 0. The van der Waals surface area contributed by atoms with Crippen LogP contribution in [0.15, 0.2) is 24.3 Å². The molecule has 24 heavy (non-hydrogen) atoms. The smallest absolute Gasteiger partial charge is 0.105 e. The van der Waals surface area contributed by atoms with Gasteiger partial charge in [-0.3, -0.25) is 0 Å². The average Bonchev–Trinajstić information content (AvgIpc) is 2.61. The fourth-order valence-corrected chi connectivity index (χ4v) is 3.85. The lowest BCUT2D eigenvalue weighted by molar-refractivity contribution is 0.00619. The lowest BCUT2D eigenvalue weighted by Gasteiger charge is -2.33. The first-order valence-electron chi connectivity index (χ1n) is 8.95. The van der Waals surface area contributed by atoms with E-state index in [-0.39, 0.29) is 23.9 Å². The molecule has 3 N–H and O–H groups in total. The van der Waals surface area contributed by atoms with E-state index >= 15 is 0 Å². The van der Waals surface area contributed by atoms with Gasteiger partial charge in [-0.15, -0.1) is 0 Å². The van der Waals surface area contributed by atoms with Crippen molar-refractivity contribution in [3.63, 3.8) is 0 Å². The van der Waals surface area contributed by atoms with Gasteiger partial charge >= 0.3 is 0 Å². The van der Waals surface area contributed by atoms with E-state index in [0.29, 0.717) is 12.5 Å². The number of halogens is 2. The Labute approximate surface area is 142 Å². The number of piperidine rings is 1. The van der Waals surface area contributed by atoms with Crippen molar-refractivity contribution in [1.82, 2.24) is 5.32 Å². The van der Waals surface area contributed by atoms with E-state index in [4.69, 9.17) is 10.5 Å². The Balaban J connectivity index is 1.46. The largest absolute Gasteiger partial charge is 0.377 e. The number of hydrogen-bond acceptors (Lipinski definition) is 4. The minimum atomic E-state index is -0.821. The zero-order valence-electron chi connectivity index (χ0n) is 14.0. The van der Waals surface area contributed by atoms with Crippen molar-refractivity contribution in [2.24, 2.45) is 5.73 Å². The van der Waals surface area contributed by atoms with Crippen LogP contribution < -0.4 is 16.4 Å². The third kappa shape index (κ3) is 4.43. The lowest BCUT2D eigenvalue weighted by Crippen LogP contribution is -2.52. The Kier molecular flexibility index (Phi) is 6.03. The maximum absolute atomic E-state index is 12.7. The normalized spacial score (nSPS) is 31.0. The van der Waals surface area contributed by atoms with E-state index in [1.807, 2.05) is 6.07 Å². The quantitative estimate of drug-likeness (QED) is 0.808. The number of nitrogens with one attached hydrogen (secondary N) is 1. The molecule has 4 nitrogen and oxygen atoms in total. The SMILES string of the molecule is NC1CCCNC1COC1CCC(c2cccc(N(F)F)c2)CC1. The molecule has 1 aliphatic heterocycles. The molecule has 1 saturated heterocycles. The molecule has 2 aliphatic rings. The highest BCUT2D eigenvalue weighted by atomic mass is 19.4. The Hall–Kier alpha value is -1.24. The first-order chi connectivity index (χ1) is 11.6. The second kappa shape index (κ2) is 8.23. The molecule has 0 bridgehead atoms. The van der Waals surface area contributed by atoms with Gasteiger partial charge in [0.05, 0.1) is 12.7 Å². The van der Waals surface area contributed by atoms with Gasteiger partial charge in [0.1, 0.15) is 5.69 Å². The molecule has 2 atom stereocenters. The van der Waals surface area contributed by atoms with Crippen LogP contribution >= 0.6 is 0 Å². The summed E-state index contributed by atoms with van der Waals surface area (Å²) in [5.74, 6) is 0.347. The lowest BCUT2D eigenvalue weighted by atomic mass is 9.82. The van der Waals surface area contributed by atoms with Gasteiger partial charge in [-0.1, -0.05) is 21.1 Å². The van der Waals surface area contributed by atoms with Gasteiger partial charge in [-0.05, 0) is 74.0 Å². The molecule has 1 aromatic carbocycles. The molecule has 1 heterocycles. The van der Waals surface area contributed by atoms with E-state index in [0.717, 1.165) is 50.6 Å². The summed E-state index contributed by atoms with van der Waals surface area (Å²) in [7, 11) is 0. The van der Waals surface area contributed by atoms with Crippen molar-refractivity contribution in [3.05, 3.63) is 29.8 Å². The van der Waals surface area contributed by atoms with Gasteiger partial charge < -0.3 is 15.8 Å². The monoisotopic (exact) mass is 339 g/mol. The molecule has 0 amide bonds. The number of anilines is 1. The predicted molar refractivity (Wildman–Crippen MR) is 91.1 cm³/mol. The first-order valence-corrected chi connectivity index (χ1v) is 8.95. The number of ether oxygens (including phenoxy) is 1. The molecule has 0 radical (unpaired) electrons. The van der Waals surface area contributed by atoms with Gasteiger partial charge in [0, 0.05) is 12.1 Å². The van der Waals surface area contributed by atoms with Crippen molar-refractivity contribution >= 4 is 5.69 Å². The highest BCUT2D eigenvalue weighted by Gasteiger charge is 2.26. The summed E-state index contributed by atoms with van der Waals surface area (Å²) < 4.78 is 31.4. The number of rotatable bonds is 5. The molecule has 1 aromatic rings. The van der Waals surface area contributed by atoms with Crippen LogP contribution in [-0.2, 0) is 4.74 Å². The number of nitrogens with zero attached hydrogens (tertiary/aromatic N) is 1. The first kappa shape index (κ1) is 17.6. The number of nitrogens with two attached hydrogens (primary N) is 1. The fourth-order valence-electron chi connectivity index (χ4n) is 3.85. The molecular weight excluding hydrogens is 312 g/mol. The zero-order chi connectivity index (χ0) is 16.9.